The van der Waals surface area contributed by atoms with E-state index in [0.717, 1.165) is 90.9 Å². The minimum Gasteiger partial charge on any atom is -0.480 e. The fourth-order valence-electron chi connectivity index (χ4n) is 7.84. The molecule has 6 aromatic rings. The van der Waals surface area contributed by atoms with Crippen LogP contribution in [-0.4, -0.2) is 146 Å². The molecule has 358 valence electrons. The number of rotatable bonds is 16. The van der Waals surface area contributed by atoms with E-state index in [1.54, 1.807) is 38.9 Å². The van der Waals surface area contributed by atoms with Crippen molar-refractivity contribution in [2.24, 2.45) is 0 Å². The van der Waals surface area contributed by atoms with E-state index in [4.69, 9.17) is 24.4 Å². The van der Waals surface area contributed by atoms with Gasteiger partial charge in [0.05, 0.1) is 44.7 Å². The van der Waals surface area contributed by atoms with E-state index < -0.39 is 5.97 Å². The second kappa shape index (κ2) is 28.5. The van der Waals surface area contributed by atoms with Crippen LogP contribution in [0.25, 0.3) is 30.3 Å². The molecule has 3 aromatic heterocycles. The normalized spacial score (nSPS) is 16.3. The third-order valence-corrected chi connectivity index (χ3v) is 14.5. The number of carboxylic acids is 1. The molecule has 5 N–H and O–H groups in total. The molecular formula is C51H67N3O9S3. The lowest BCUT2D eigenvalue weighted by molar-refractivity contribution is -0.142. The van der Waals surface area contributed by atoms with Gasteiger partial charge in [0.15, 0.2) is 0 Å². The number of aliphatic hydroxyl groups excluding tert-OH is 3. The fourth-order valence-corrected chi connectivity index (χ4v) is 10.2. The molecule has 0 atom stereocenters. The van der Waals surface area contributed by atoms with Crippen molar-refractivity contribution in [2.45, 2.75) is 76.1 Å². The summed E-state index contributed by atoms with van der Waals surface area (Å²) in [5, 5.41) is 49.5. The van der Waals surface area contributed by atoms with Gasteiger partial charge in [0.25, 0.3) is 0 Å². The van der Waals surface area contributed by atoms with Crippen molar-refractivity contribution >= 4 is 76.1 Å². The van der Waals surface area contributed by atoms with Gasteiger partial charge in [-0.1, -0.05) is 36.4 Å². The average molecular weight is 962 g/mol. The summed E-state index contributed by atoms with van der Waals surface area (Å²) < 4.78 is 20.2. The second-order valence-electron chi connectivity index (χ2n) is 16.9. The van der Waals surface area contributed by atoms with E-state index in [1.807, 2.05) is 0 Å². The number of nitrogens with zero attached hydrogens (tertiary/aromatic N) is 2. The van der Waals surface area contributed by atoms with E-state index in [9.17, 15) is 19.8 Å². The number of aliphatic carboxylic acids is 1. The first kappa shape index (κ1) is 51.5. The highest BCUT2D eigenvalue weighted by Gasteiger charge is 2.21. The van der Waals surface area contributed by atoms with Crippen LogP contribution < -0.4 is 5.32 Å². The molecule has 0 radical (unpaired) electrons. The zero-order valence-electron chi connectivity index (χ0n) is 37.9. The Balaban J connectivity index is 0.000000154. The first-order valence-corrected chi connectivity index (χ1v) is 25.9. The largest absolute Gasteiger partial charge is 0.480 e. The number of carbonyl (C=O) groups is 2. The maximum absolute atomic E-state index is 12.0. The summed E-state index contributed by atoms with van der Waals surface area (Å²) in [7, 11) is 0. The molecule has 66 heavy (non-hydrogen) atoms. The number of carboxylic acid groups (broad SMARTS) is 1. The number of carbonyl (C=O) groups excluding carboxylic acids is 1. The van der Waals surface area contributed by atoms with E-state index in [0.29, 0.717) is 39.1 Å². The number of hydrogen-bond donors (Lipinski definition) is 5. The number of hydrogen-bond acceptors (Lipinski definition) is 13. The summed E-state index contributed by atoms with van der Waals surface area (Å²) in [4.78, 5) is 26.4. The van der Waals surface area contributed by atoms with Crippen molar-refractivity contribution in [2.75, 3.05) is 85.5 Å². The molecule has 0 saturated carbocycles. The summed E-state index contributed by atoms with van der Waals surface area (Å²) in [6.07, 6.45) is 7.19. The standard InChI is InChI=1S/C17H21NO3S.C17H23NO2S.C12H12O3S.C5H11NO/c19-15-3-7-18(8-4-15)17(20)12-21-9-5-13-1-2-16-14(11-13)6-10-22-16;19-16-3-7-18(8-4-16)9-11-20-10-5-14-1-2-17-15(13-14)6-12-21-17;13-12(14)8-15-5-3-9-1-2-10-4-6-16-11(10)7-9;7-5-1-3-6-4-2-5/h1-2,6,10-11,15,19H,3-5,7-9,12H2;1-2,6,12-13,16,19H,3-5,7-11H2;1-2,4,6-7H,3,5,8H2,(H,13,14);5-7H,1-4H2. The Labute approximate surface area is 400 Å². The van der Waals surface area contributed by atoms with Gasteiger partial charge in [0, 0.05) is 46.8 Å². The number of thiophene rings is 3. The lowest BCUT2D eigenvalue weighted by Crippen LogP contribution is -2.41. The third-order valence-electron chi connectivity index (χ3n) is 11.8. The molecule has 9 rings (SSSR count). The van der Waals surface area contributed by atoms with Crippen molar-refractivity contribution in [3.8, 4) is 0 Å². The Morgan fingerprint density at radius 2 is 1.03 bits per heavy atom. The van der Waals surface area contributed by atoms with Crippen LogP contribution in [0.5, 0.6) is 0 Å². The van der Waals surface area contributed by atoms with Gasteiger partial charge in [-0.05, 0) is 156 Å². The summed E-state index contributed by atoms with van der Waals surface area (Å²) in [6.45, 7) is 8.72. The van der Waals surface area contributed by atoms with Gasteiger partial charge in [-0.2, -0.15) is 0 Å². The average Bonchev–Trinajstić information content (AvgIpc) is 4.12. The van der Waals surface area contributed by atoms with Crippen molar-refractivity contribution < 1.29 is 44.2 Å². The topological polar surface area (TPSA) is 161 Å². The van der Waals surface area contributed by atoms with Gasteiger partial charge in [-0.25, -0.2) is 4.79 Å². The smallest absolute Gasteiger partial charge is 0.329 e. The molecule has 3 fully saturated rings. The number of benzene rings is 3. The molecule has 3 aliphatic rings. The molecule has 3 aromatic carbocycles. The molecular weight excluding hydrogens is 895 g/mol. The van der Waals surface area contributed by atoms with E-state index in [-0.39, 0.29) is 37.4 Å². The molecule has 0 aliphatic carbocycles. The number of amides is 1. The molecule has 1 amide bonds. The summed E-state index contributed by atoms with van der Waals surface area (Å²) >= 11 is 5.24. The second-order valence-corrected chi connectivity index (χ2v) is 19.7. The van der Waals surface area contributed by atoms with Crippen molar-refractivity contribution in [3.05, 3.63) is 106 Å². The molecule has 15 heteroatoms. The Bertz CT molecular complexity index is 2310. The lowest BCUT2D eigenvalue weighted by Gasteiger charge is -2.29. The number of aliphatic hydroxyl groups is 3. The maximum atomic E-state index is 12.0. The van der Waals surface area contributed by atoms with Crippen LogP contribution in [0.15, 0.2) is 88.9 Å². The van der Waals surface area contributed by atoms with E-state index in [2.05, 4.69) is 99.2 Å². The Kier molecular flexibility index (Phi) is 22.2. The SMILES string of the molecule is O=C(COCCc1ccc2sccc2c1)N1CCC(O)CC1.O=C(O)COCCc1ccc2ccsc2c1.OC1CCN(CCOCCc2ccc3sccc3c2)CC1.OC1CCNCC1. The number of piperidine rings is 3. The molecule has 12 nitrogen and oxygen atoms in total. The van der Waals surface area contributed by atoms with E-state index in [1.165, 1.54) is 46.9 Å². The van der Waals surface area contributed by atoms with Gasteiger partial charge in [-0.3, -0.25) is 4.79 Å². The maximum Gasteiger partial charge on any atom is 0.329 e. The highest BCUT2D eigenvalue weighted by Crippen LogP contribution is 2.24. The van der Waals surface area contributed by atoms with E-state index >= 15 is 0 Å². The number of fused-ring (bicyclic) bond motifs is 3. The minimum atomic E-state index is -0.922. The minimum absolute atomic E-state index is 0.0266. The van der Waals surface area contributed by atoms with Gasteiger partial charge in [0.2, 0.25) is 5.91 Å². The van der Waals surface area contributed by atoms with Gasteiger partial charge in [-0.15, -0.1) is 34.0 Å². The number of likely N-dealkylation sites (tertiary alicyclic amines) is 2. The number of ether oxygens (including phenoxy) is 3. The predicted octanol–water partition coefficient (Wildman–Crippen LogP) is 7.64. The van der Waals surface area contributed by atoms with Crippen molar-refractivity contribution in [1.29, 1.82) is 0 Å². The molecule has 6 heterocycles. The van der Waals surface area contributed by atoms with Gasteiger partial charge in [0.1, 0.15) is 13.2 Å². The Morgan fingerprint density at radius 1 is 0.545 bits per heavy atom. The molecule has 0 spiro atoms. The molecule has 0 unspecified atom stereocenters. The fraction of sp³-hybridized carbons (Fsp3) is 0.490. The van der Waals surface area contributed by atoms with Crippen LogP contribution in [0.2, 0.25) is 0 Å². The van der Waals surface area contributed by atoms with Gasteiger partial charge >= 0.3 is 5.97 Å². The van der Waals surface area contributed by atoms with Crippen LogP contribution in [0.1, 0.15) is 55.2 Å². The predicted molar refractivity (Wildman–Crippen MR) is 268 cm³/mol. The first-order valence-electron chi connectivity index (χ1n) is 23.3. The molecule has 3 saturated heterocycles. The quantitative estimate of drug-likeness (QED) is 0.0607. The summed E-state index contributed by atoms with van der Waals surface area (Å²) in [5.74, 6) is -0.895. The molecule has 3 aliphatic heterocycles. The first-order chi connectivity index (χ1) is 32.2. The Morgan fingerprint density at radius 3 is 1.59 bits per heavy atom. The molecule has 0 bridgehead atoms. The zero-order chi connectivity index (χ0) is 46.4. The van der Waals surface area contributed by atoms with Crippen molar-refractivity contribution in [3.63, 3.8) is 0 Å². The van der Waals surface area contributed by atoms with Crippen LogP contribution in [0, 0.1) is 0 Å². The highest BCUT2D eigenvalue weighted by atomic mass is 32.1. The Hall–Kier alpha value is -3.84. The lowest BCUT2D eigenvalue weighted by atomic mass is 10.1. The van der Waals surface area contributed by atoms with Crippen LogP contribution in [0.4, 0.5) is 0 Å². The summed E-state index contributed by atoms with van der Waals surface area (Å²) in [5.41, 5.74) is 3.77. The number of nitrogens with one attached hydrogen (secondary N) is 1. The van der Waals surface area contributed by atoms with Crippen LogP contribution >= 0.6 is 34.0 Å². The summed E-state index contributed by atoms with van der Waals surface area (Å²) in [6, 6.07) is 25.8. The van der Waals surface area contributed by atoms with Gasteiger partial charge < -0.3 is 49.8 Å². The van der Waals surface area contributed by atoms with Crippen molar-refractivity contribution in [1.82, 2.24) is 15.1 Å². The van der Waals surface area contributed by atoms with Crippen LogP contribution in [-0.2, 0) is 43.1 Å². The third kappa shape index (κ3) is 18.3. The zero-order valence-corrected chi connectivity index (χ0v) is 40.3. The van der Waals surface area contributed by atoms with Crippen LogP contribution in [0.3, 0.4) is 0 Å². The highest BCUT2D eigenvalue weighted by molar-refractivity contribution is 7.17. The monoisotopic (exact) mass is 961 g/mol.